The molecule has 7 heteroatoms. The first-order chi connectivity index (χ1) is 12.3. The normalized spacial score (nSPS) is 16.2. The molecular formula is C18H16N4O2S. The third-order valence-electron chi connectivity index (χ3n) is 4.04. The Morgan fingerprint density at radius 2 is 2.24 bits per heavy atom. The highest BCUT2D eigenvalue weighted by Crippen LogP contribution is 2.35. The molecule has 1 aliphatic heterocycles. The molecule has 0 bridgehead atoms. The molecular weight excluding hydrogens is 336 g/mol. The Balaban J connectivity index is 1.66. The van der Waals surface area contributed by atoms with Gasteiger partial charge in [-0.3, -0.25) is 19.7 Å². The van der Waals surface area contributed by atoms with Crippen molar-refractivity contribution in [2.24, 2.45) is 0 Å². The van der Waals surface area contributed by atoms with Crippen molar-refractivity contribution in [1.82, 2.24) is 15.0 Å². The molecule has 1 aromatic carbocycles. The van der Waals surface area contributed by atoms with E-state index < -0.39 is 0 Å². The summed E-state index contributed by atoms with van der Waals surface area (Å²) in [7, 11) is 0. The van der Waals surface area contributed by atoms with Crippen molar-refractivity contribution in [1.29, 1.82) is 0 Å². The molecule has 0 spiro atoms. The maximum absolute atomic E-state index is 13.0. The predicted octanol–water partition coefficient (Wildman–Crippen LogP) is 3.42. The number of benzene rings is 1. The molecule has 25 heavy (non-hydrogen) atoms. The zero-order valence-electron chi connectivity index (χ0n) is 13.6. The van der Waals surface area contributed by atoms with E-state index in [1.54, 1.807) is 28.9 Å². The average Bonchev–Trinajstić information content (AvgIpc) is 3.17. The van der Waals surface area contributed by atoms with Crippen molar-refractivity contribution in [3.8, 4) is 16.5 Å². The fourth-order valence-corrected chi connectivity index (χ4v) is 3.49. The van der Waals surface area contributed by atoms with Crippen molar-refractivity contribution in [3.05, 3.63) is 53.9 Å². The van der Waals surface area contributed by atoms with E-state index in [2.05, 4.69) is 21.9 Å². The molecule has 3 aromatic rings. The van der Waals surface area contributed by atoms with Gasteiger partial charge in [0.05, 0.1) is 18.4 Å². The number of para-hydroxylation sites is 2. The van der Waals surface area contributed by atoms with Crippen LogP contribution in [0.1, 0.15) is 23.8 Å². The second-order valence-corrected chi connectivity index (χ2v) is 6.52. The fraction of sp³-hybridized carbons (Fsp3) is 0.222. The Kier molecular flexibility index (Phi) is 4.15. The van der Waals surface area contributed by atoms with Crippen LogP contribution >= 0.6 is 11.3 Å². The number of rotatable bonds is 3. The van der Waals surface area contributed by atoms with Crippen LogP contribution in [0.5, 0.6) is 5.75 Å². The summed E-state index contributed by atoms with van der Waals surface area (Å²) >= 11 is 1.39. The molecule has 4 rings (SSSR count). The third kappa shape index (κ3) is 2.98. The van der Waals surface area contributed by atoms with Crippen molar-refractivity contribution < 1.29 is 9.53 Å². The molecule has 0 radical (unpaired) electrons. The van der Waals surface area contributed by atoms with Crippen LogP contribution < -0.4 is 9.64 Å². The van der Waals surface area contributed by atoms with Crippen LogP contribution in [0.3, 0.4) is 0 Å². The number of thiazole rings is 1. The van der Waals surface area contributed by atoms with Crippen LogP contribution in [0, 0.1) is 0 Å². The van der Waals surface area contributed by atoms with Gasteiger partial charge in [-0.25, -0.2) is 4.98 Å². The molecule has 0 fully saturated rings. The summed E-state index contributed by atoms with van der Waals surface area (Å²) in [6.07, 6.45) is 5.68. The minimum absolute atomic E-state index is 0.0167. The standard InChI is InChI=1S/C18H16N4O2S/c1-2-12-10-22(15-5-3-4-6-16(15)24-12)18(23)14-11-25-17(21-14)13-9-19-7-8-20-13/h3-9,11-12H,2,10H2,1H3/t12-/m1/s1. The Morgan fingerprint density at radius 1 is 1.36 bits per heavy atom. The lowest BCUT2D eigenvalue weighted by Crippen LogP contribution is -2.43. The van der Waals surface area contributed by atoms with Gasteiger partial charge in [-0.1, -0.05) is 19.1 Å². The van der Waals surface area contributed by atoms with Crippen molar-refractivity contribution in [2.75, 3.05) is 11.4 Å². The summed E-state index contributed by atoms with van der Waals surface area (Å²) in [5.41, 5.74) is 1.86. The molecule has 1 aliphatic rings. The summed E-state index contributed by atoms with van der Waals surface area (Å²) in [5.74, 6) is 0.610. The number of nitrogens with zero attached hydrogens (tertiary/aromatic N) is 4. The van der Waals surface area contributed by atoms with Gasteiger partial charge in [0.1, 0.15) is 28.2 Å². The van der Waals surface area contributed by atoms with Crippen LogP contribution in [-0.2, 0) is 0 Å². The number of amides is 1. The molecule has 0 saturated carbocycles. The monoisotopic (exact) mass is 352 g/mol. The van der Waals surface area contributed by atoms with Crippen LogP contribution in [-0.4, -0.2) is 33.5 Å². The maximum Gasteiger partial charge on any atom is 0.278 e. The Labute approximate surface area is 149 Å². The number of anilines is 1. The van der Waals surface area contributed by atoms with Crippen molar-refractivity contribution in [3.63, 3.8) is 0 Å². The van der Waals surface area contributed by atoms with Gasteiger partial charge in [0.25, 0.3) is 5.91 Å². The van der Waals surface area contributed by atoms with E-state index in [0.29, 0.717) is 22.9 Å². The molecule has 1 amide bonds. The van der Waals surface area contributed by atoms with Gasteiger partial charge in [0.2, 0.25) is 0 Å². The van der Waals surface area contributed by atoms with Gasteiger partial charge in [-0.15, -0.1) is 11.3 Å². The topological polar surface area (TPSA) is 68.2 Å². The average molecular weight is 352 g/mol. The second kappa shape index (κ2) is 6.60. The third-order valence-corrected chi connectivity index (χ3v) is 4.91. The van der Waals surface area contributed by atoms with Crippen molar-refractivity contribution in [2.45, 2.75) is 19.4 Å². The van der Waals surface area contributed by atoms with Gasteiger partial charge < -0.3 is 4.74 Å². The number of hydrogen-bond acceptors (Lipinski definition) is 6. The summed E-state index contributed by atoms with van der Waals surface area (Å²) in [5, 5.41) is 2.45. The highest BCUT2D eigenvalue weighted by molar-refractivity contribution is 7.13. The lowest BCUT2D eigenvalue weighted by molar-refractivity contribution is 0.0950. The largest absolute Gasteiger partial charge is 0.486 e. The van der Waals surface area contributed by atoms with E-state index in [9.17, 15) is 4.79 Å². The molecule has 0 saturated heterocycles. The lowest BCUT2D eigenvalue weighted by atomic mass is 10.1. The summed E-state index contributed by atoms with van der Waals surface area (Å²) in [6, 6.07) is 7.61. The van der Waals surface area contributed by atoms with E-state index >= 15 is 0 Å². The van der Waals surface area contributed by atoms with Crippen LogP contribution in [0.4, 0.5) is 5.69 Å². The van der Waals surface area contributed by atoms with Gasteiger partial charge in [0, 0.05) is 17.8 Å². The molecule has 2 aromatic heterocycles. The smallest absolute Gasteiger partial charge is 0.278 e. The number of ether oxygens (including phenoxy) is 1. The molecule has 126 valence electrons. The highest BCUT2D eigenvalue weighted by Gasteiger charge is 2.30. The summed E-state index contributed by atoms with van der Waals surface area (Å²) < 4.78 is 5.94. The number of hydrogen-bond donors (Lipinski definition) is 0. The predicted molar refractivity (Wildman–Crippen MR) is 96.0 cm³/mol. The zero-order valence-corrected chi connectivity index (χ0v) is 14.4. The van der Waals surface area contributed by atoms with Crippen LogP contribution in [0.2, 0.25) is 0 Å². The Bertz CT molecular complexity index is 897. The minimum Gasteiger partial charge on any atom is -0.486 e. The number of fused-ring (bicyclic) bond motifs is 1. The minimum atomic E-state index is -0.124. The number of aromatic nitrogens is 3. The first-order valence-electron chi connectivity index (χ1n) is 8.05. The van der Waals surface area contributed by atoms with Crippen LogP contribution in [0.15, 0.2) is 48.2 Å². The van der Waals surface area contributed by atoms with E-state index in [4.69, 9.17) is 4.74 Å². The first kappa shape index (κ1) is 15.7. The molecule has 3 heterocycles. The number of carbonyl (C=O) groups excluding carboxylic acids is 1. The molecule has 0 N–H and O–H groups in total. The maximum atomic E-state index is 13.0. The van der Waals surface area contributed by atoms with Gasteiger partial charge in [-0.05, 0) is 18.6 Å². The molecule has 0 aliphatic carbocycles. The van der Waals surface area contributed by atoms with E-state index in [-0.39, 0.29) is 12.0 Å². The van der Waals surface area contributed by atoms with E-state index in [1.807, 2.05) is 24.3 Å². The van der Waals surface area contributed by atoms with E-state index in [0.717, 1.165) is 17.9 Å². The zero-order chi connectivity index (χ0) is 17.2. The molecule has 6 nitrogen and oxygen atoms in total. The fourth-order valence-electron chi connectivity index (χ4n) is 2.74. The van der Waals surface area contributed by atoms with Crippen LogP contribution in [0.25, 0.3) is 10.7 Å². The van der Waals surface area contributed by atoms with Gasteiger partial charge >= 0.3 is 0 Å². The molecule has 0 unspecified atom stereocenters. The van der Waals surface area contributed by atoms with E-state index in [1.165, 1.54) is 11.3 Å². The first-order valence-corrected chi connectivity index (χ1v) is 8.93. The van der Waals surface area contributed by atoms with Gasteiger partial charge in [0.15, 0.2) is 0 Å². The Morgan fingerprint density at radius 3 is 3.04 bits per heavy atom. The van der Waals surface area contributed by atoms with Crippen molar-refractivity contribution >= 4 is 22.9 Å². The quantitative estimate of drug-likeness (QED) is 0.722. The number of carbonyl (C=O) groups is 1. The molecule has 1 atom stereocenters. The Hall–Kier alpha value is -2.80. The summed E-state index contributed by atoms with van der Waals surface area (Å²) in [6.45, 7) is 2.57. The second-order valence-electron chi connectivity index (χ2n) is 5.66. The highest BCUT2D eigenvalue weighted by atomic mass is 32.1. The summed E-state index contributed by atoms with van der Waals surface area (Å²) in [4.78, 5) is 27.5. The lowest BCUT2D eigenvalue weighted by Gasteiger charge is -2.34. The van der Waals surface area contributed by atoms with Gasteiger partial charge in [-0.2, -0.15) is 0 Å². The SMILES string of the molecule is CC[C@@H]1CN(C(=O)c2csc(-c3cnccn3)n2)c2ccccc2O1.